The third kappa shape index (κ3) is 1.35. The van der Waals surface area contributed by atoms with Gasteiger partial charge in [0.2, 0.25) is 5.91 Å². The van der Waals surface area contributed by atoms with Crippen LogP contribution in [0.2, 0.25) is 5.02 Å². The molecule has 1 saturated carbocycles. The highest BCUT2D eigenvalue weighted by molar-refractivity contribution is 6.32. The molecule has 1 heterocycles. The Labute approximate surface area is 99.2 Å². The summed E-state index contributed by atoms with van der Waals surface area (Å²) >= 11 is 6.10. The predicted octanol–water partition coefficient (Wildman–Crippen LogP) is 1.72. The van der Waals surface area contributed by atoms with E-state index in [1.165, 1.54) is 0 Å². The number of amides is 1. The fraction of sp³-hybridized carbons (Fsp3) is 0.417. The molecule has 0 radical (unpaired) electrons. The maximum atomic E-state index is 12.2. The van der Waals surface area contributed by atoms with E-state index in [2.05, 4.69) is 0 Å². The molecule has 0 aromatic heterocycles. The maximum absolute atomic E-state index is 12.2. The summed E-state index contributed by atoms with van der Waals surface area (Å²) in [5.74, 6) is 0.0496. The van der Waals surface area contributed by atoms with Crippen molar-refractivity contribution in [1.29, 1.82) is 0 Å². The van der Waals surface area contributed by atoms with Crippen molar-refractivity contribution >= 4 is 23.2 Å². The number of nitrogens with two attached hydrogens (primary N) is 1. The molecule has 2 aliphatic rings. The van der Waals surface area contributed by atoms with Crippen LogP contribution in [0.15, 0.2) is 18.2 Å². The van der Waals surface area contributed by atoms with Crippen LogP contribution in [0, 0.1) is 0 Å². The molecule has 0 unspecified atom stereocenters. The first-order chi connectivity index (χ1) is 7.62. The van der Waals surface area contributed by atoms with E-state index in [9.17, 15) is 4.79 Å². The third-order valence-corrected chi connectivity index (χ3v) is 3.78. The molecule has 1 aromatic rings. The van der Waals surface area contributed by atoms with Crippen LogP contribution in [-0.4, -0.2) is 18.0 Å². The summed E-state index contributed by atoms with van der Waals surface area (Å²) in [5, 5.41) is 0.745. The summed E-state index contributed by atoms with van der Waals surface area (Å²) < 4.78 is 0. The molecule has 0 saturated heterocycles. The first kappa shape index (κ1) is 10.1. The quantitative estimate of drug-likeness (QED) is 0.807. The minimum Gasteiger partial charge on any atom is -0.317 e. The SMILES string of the molecule is NC1(C(=O)N2CCc3c(Cl)cccc32)CC1. The molecule has 3 rings (SSSR count). The molecule has 3 nitrogen and oxygen atoms in total. The summed E-state index contributed by atoms with van der Waals surface area (Å²) in [7, 11) is 0. The van der Waals surface area contributed by atoms with Gasteiger partial charge in [0.05, 0.1) is 5.54 Å². The first-order valence-corrected chi connectivity index (χ1v) is 5.88. The van der Waals surface area contributed by atoms with Crippen molar-refractivity contribution in [2.45, 2.75) is 24.8 Å². The van der Waals surface area contributed by atoms with Crippen molar-refractivity contribution in [3.8, 4) is 0 Å². The maximum Gasteiger partial charge on any atom is 0.247 e. The van der Waals surface area contributed by atoms with Crippen LogP contribution in [0.1, 0.15) is 18.4 Å². The summed E-state index contributed by atoms with van der Waals surface area (Å²) in [4.78, 5) is 13.9. The van der Waals surface area contributed by atoms with Crippen LogP contribution in [0.3, 0.4) is 0 Å². The molecule has 0 spiro atoms. The molecule has 1 fully saturated rings. The normalized spacial score (nSPS) is 20.8. The van der Waals surface area contributed by atoms with Gasteiger partial charge in [-0.2, -0.15) is 0 Å². The average Bonchev–Trinajstić information content (AvgIpc) is 2.88. The smallest absolute Gasteiger partial charge is 0.247 e. The highest BCUT2D eigenvalue weighted by Gasteiger charge is 2.49. The Morgan fingerprint density at radius 1 is 1.44 bits per heavy atom. The Hall–Kier alpha value is -1.06. The van der Waals surface area contributed by atoms with Gasteiger partial charge in [-0.25, -0.2) is 0 Å². The van der Waals surface area contributed by atoms with Gasteiger partial charge in [-0.3, -0.25) is 4.79 Å². The zero-order valence-electron chi connectivity index (χ0n) is 8.87. The lowest BCUT2D eigenvalue weighted by atomic mass is 10.1. The van der Waals surface area contributed by atoms with Gasteiger partial charge in [-0.15, -0.1) is 0 Å². The zero-order valence-corrected chi connectivity index (χ0v) is 9.63. The topological polar surface area (TPSA) is 46.3 Å². The molecule has 1 aliphatic carbocycles. The fourth-order valence-corrected chi connectivity index (χ4v) is 2.48. The second-order valence-electron chi connectivity index (χ2n) is 4.60. The summed E-state index contributed by atoms with van der Waals surface area (Å²) in [6.45, 7) is 0.705. The highest BCUT2D eigenvalue weighted by atomic mass is 35.5. The van der Waals surface area contributed by atoms with Gasteiger partial charge in [-0.1, -0.05) is 17.7 Å². The van der Waals surface area contributed by atoms with Crippen molar-refractivity contribution in [3.05, 3.63) is 28.8 Å². The van der Waals surface area contributed by atoms with E-state index < -0.39 is 5.54 Å². The van der Waals surface area contributed by atoms with E-state index in [0.29, 0.717) is 6.54 Å². The Morgan fingerprint density at radius 2 is 2.19 bits per heavy atom. The number of rotatable bonds is 1. The number of anilines is 1. The minimum atomic E-state index is -0.593. The lowest BCUT2D eigenvalue weighted by molar-refractivity contribution is -0.120. The zero-order chi connectivity index (χ0) is 11.3. The lowest BCUT2D eigenvalue weighted by Gasteiger charge is -2.21. The van der Waals surface area contributed by atoms with Gasteiger partial charge in [0, 0.05) is 17.3 Å². The van der Waals surface area contributed by atoms with Gasteiger partial charge in [0.1, 0.15) is 0 Å². The number of carbonyl (C=O) groups is 1. The molecule has 84 valence electrons. The Kier molecular flexibility index (Phi) is 2.03. The van der Waals surface area contributed by atoms with E-state index in [4.69, 9.17) is 17.3 Å². The van der Waals surface area contributed by atoms with Crippen molar-refractivity contribution in [2.75, 3.05) is 11.4 Å². The van der Waals surface area contributed by atoms with Crippen LogP contribution >= 0.6 is 11.6 Å². The number of nitrogens with zero attached hydrogens (tertiary/aromatic N) is 1. The lowest BCUT2D eigenvalue weighted by Crippen LogP contribution is -2.45. The molecular weight excluding hydrogens is 224 g/mol. The van der Waals surface area contributed by atoms with Crippen LogP contribution in [0.4, 0.5) is 5.69 Å². The monoisotopic (exact) mass is 236 g/mol. The summed E-state index contributed by atoms with van der Waals surface area (Å²) in [5.41, 5.74) is 7.36. The molecule has 1 aliphatic heterocycles. The number of carbonyl (C=O) groups excluding carboxylic acids is 1. The van der Waals surface area contributed by atoms with E-state index in [1.54, 1.807) is 4.90 Å². The van der Waals surface area contributed by atoms with E-state index in [0.717, 1.165) is 35.5 Å². The van der Waals surface area contributed by atoms with Gasteiger partial charge in [-0.05, 0) is 37.0 Å². The van der Waals surface area contributed by atoms with Crippen LogP contribution in [0.25, 0.3) is 0 Å². The van der Waals surface area contributed by atoms with Gasteiger partial charge >= 0.3 is 0 Å². The van der Waals surface area contributed by atoms with Crippen molar-refractivity contribution < 1.29 is 4.79 Å². The van der Waals surface area contributed by atoms with Crippen molar-refractivity contribution in [1.82, 2.24) is 0 Å². The second kappa shape index (κ2) is 3.22. The Bertz CT molecular complexity index is 468. The summed E-state index contributed by atoms with van der Waals surface area (Å²) in [6, 6.07) is 5.68. The van der Waals surface area contributed by atoms with Crippen LogP contribution in [-0.2, 0) is 11.2 Å². The average molecular weight is 237 g/mol. The molecule has 2 N–H and O–H groups in total. The molecule has 0 atom stereocenters. The van der Waals surface area contributed by atoms with E-state index >= 15 is 0 Å². The predicted molar refractivity (Wildman–Crippen MR) is 63.7 cm³/mol. The summed E-state index contributed by atoms with van der Waals surface area (Å²) in [6.07, 6.45) is 2.44. The van der Waals surface area contributed by atoms with Gasteiger partial charge in [0.25, 0.3) is 0 Å². The Morgan fingerprint density at radius 3 is 2.88 bits per heavy atom. The van der Waals surface area contributed by atoms with E-state index in [-0.39, 0.29) is 5.91 Å². The number of halogens is 1. The minimum absolute atomic E-state index is 0.0496. The molecule has 1 aromatic carbocycles. The largest absolute Gasteiger partial charge is 0.317 e. The highest BCUT2D eigenvalue weighted by Crippen LogP contribution is 2.39. The molecule has 16 heavy (non-hydrogen) atoms. The first-order valence-electron chi connectivity index (χ1n) is 5.50. The Balaban J connectivity index is 1.97. The van der Waals surface area contributed by atoms with Crippen molar-refractivity contribution in [2.24, 2.45) is 5.73 Å². The van der Waals surface area contributed by atoms with Crippen LogP contribution < -0.4 is 10.6 Å². The van der Waals surface area contributed by atoms with Gasteiger partial charge < -0.3 is 10.6 Å². The number of fused-ring (bicyclic) bond motifs is 1. The van der Waals surface area contributed by atoms with Gasteiger partial charge in [0.15, 0.2) is 0 Å². The molecule has 0 bridgehead atoms. The number of benzene rings is 1. The fourth-order valence-electron chi connectivity index (χ4n) is 2.22. The van der Waals surface area contributed by atoms with E-state index in [1.807, 2.05) is 18.2 Å². The second-order valence-corrected chi connectivity index (χ2v) is 5.01. The number of hydrogen-bond donors (Lipinski definition) is 1. The molecule has 1 amide bonds. The van der Waals surface area contributed by atoms with Crippen molar-refractivity contribution in [3.63, 3.8) is 0 Å². The number of hydrogen-bond acceptors (Lipinski definition) is 2. The third-order valence-electron chi connectivity index (χ3n) is 3.43. The van der Waals surface area contributed by atoms with Crippen LogP contribution in [0.5, 0.6) is 0 Å². The molecule has 4 heteroatoms. The standard InChI is InChI=1S/C12H13ClN2O/c13-9-2-1-3-10-8(9)4-7-15(10)11(16)12(14)5-6-12/h1-3H,4-7,14H2. The molecular formula is C12H13ClN2O.